The number of ether oxygens (including phenoxy) is 1. The van der Waals surface area contributed by atoms with E-state index in [-0.39, 0.29) is 12.1 Å². The fraction of sp³-hybridized carbons (Fsp3) is 0.381. The van der Waals surface area contributed by atoms with Gasteiger partial charge in [-0.15, -0.1) is 0 Å². The van der Waals surface area contributed by atoms with Crippen molar-refractivity contribution < 1.29 is 9.53 Å². The lowest BCUT2D eigenvalue weighted by Crippen LogP contribution is -2.42. The Morgan fingerprint density at radius 1 is 0.958 bits per heavy atom. The van der Waals surface area contributed by atoms with Gasteiger partial charge in [-0.25, -0.2) is 4.79 Å². The van der Waals surface area contributed by atoms with Crippen molar-refractivity contribution in [1.29, 1.82) is 0 Å². The maximum absolute atomic E-state index is 12.7. The van der Waals surface area contributed by atoms with Gasteiger partial charge >= 0.3 is 6.09 Å². The van der Waals surface area contributed by atoms with E-state index in [1.165, 1.54) is 5.56 Å². The van der Waals surface area contributed by atoms with Gasteiger partial charge in [-0.3, -0.25) is 0 Å². The summed E-state index contributed by atoms with van der Waals surface area (Å²) in [6.45, 7) is 8.30. The van der Waals surface area contributed by atoms with Crippen LogP contribution in [0, 0.1) is 0 Å². The smallest absolute Gasteiger partial charge is 0.410 e. The Hall–Kier alpha value is -2.29. The van der Waals surface area contributed by atoms with Gasteiger partial charge in [0.15, 0.2) is 0 Å². The molecular weight excluding hydrogens is 298 g/mol. The minimum Gasteiger partial charge on any atom is -0.444 e. The molecule has 0 aliphatic heterocycles. The summed E-state index contributed by atoms with van der Waals surface area (Å²) in [5, 5.41) is 0. The zero-order chi connectivity index (χ0) is 17.6. The van der Waals surface area contributed by atoms with Crippen molar-refractivity contribution in [2.75, 3.05) is 0 Å². The number of rotatable bonds is 5. The summed E-state index contributed by atoms with van der Waals surface area (Å²) in [6.07, 6.45) is 0.530. The predicted octanol–water partition coefficient (Wildman–Crippen LogP) is 5.05. The quantitative estimate of drug-likeness (QED) is 0.769. The fourth-order valence-corrected chi connectivity index (χ4v) is 2.57. The molecule has 0 spiro atoms. The first-order chi connectivity index (χ1) is 11.3. The van der Waals surface area contributed by atoms with Crippen LogP contribution in [0.4, 0.5) is 4.79 Å². The van der Waals surface area contributed by atoms with Gasteiger partial charge in [0.05, 0.1) is 0 Å². The molecule has 0 bridgehead atoms. The van der Waals surface area contributed by atoms with Crippen molar-refractivity contribution in [3.05, 3.63) is 71.8 Å². The molecule has 0 radical (unpaired) electrons. The number of benzene rings is 2. The van der Waals surface area contributed by atoms with Crippen LogP contribution < -0.4 is 0 Å². The van der Waals surface area contributed by atoms with Crippen molar-refractivity contribution >= 4 is 6.09 Å². The molecule has 0 aromatic heterocycles. The maximum Gasteiger partial charge on any atom is 0.410 e. The lowest BCUT2D eigenvalue weighted by atomic mass is 10.1. The van der Waals surface area contributed by atoms with Crippen molar-refractivity contribution in [2.24, 2.45) is 0 Å². The lowest BCUT2D eigenvalue weighted by molar-refractivity contribution is 0.0156. The summed E-state index contributed by atoms with van der Waals surface area (Å²) in [7, 11) is 0. The molecule has 0 heterocycles. The lowest BCUT2D eigenvalue weighted by Gasteiger charge is -2.32. The van der Waals surface area contributed by atoms with Crippen molar-refractivity contribution in [3.63, 3.8) is 0 Å². The largest absolute Gasteiger partial charge is 0.444 e. The van der Waals surface area contributed by atoms with Crippen LogP contribution in [0.2, 0.25) is 0 Å². The van der Waals surface area contributed by atoms with E-state index in [0.29, 0.717) is 6.54 Å². The molecule has 0 fully saturated rings. The fourth-order valence-electron chi connectivity index (χ4n) is 2.57. The zero-order valence-corrected chi connectivity index (χ0v) is 15.0. The molecule has 0 saturated carbocycles. The molecule has 2 aromatic rings. The van der Waals surface area contributed by atoms with Crippen LogP contribution in [0.25, 0.3) is 0 Å². The molecule has 1 atom stereocenters. The molecule has 0 N–H and O–H groups in total. The Bertz CT molecular complexity index is 632. The van der Waals surface area contributed by atoms with Crippen LogP contribution >= 0.6 is 0 Å². The average Bonchev–Trinajstić information content (AvgIpc) is 2.52. The zero-order valence-electron chi connectivity index (χ0n) is 15.0. The van der Waals surface area contributed by atoms with E-state index in [4.69, 9.17) is 4.74 Å². The Labute approximate surface area is 145 Å². The van der Waals surface area contributed by atoms with Gasteiger partial charge in [0.2, 0.25) is 0 Å². The number of nitrogens with zero attached hydrogens (tertiary/aromatic N) is 1. The first-order valence-electron chi connectivity index (χ1n) is 8.42. The van der Waals surface area contributed by atoms with Crippen LogP contribution in [0.3, 0.4) is 0 Å². The molecule has 2 aromatic carbocycles. The highest BCUT2D eigenvalue weighted by atomic mass is 16.6. The van der Waals surface area contributed by atoms with Gasteiger partial charge in [0.1, 0.15) is 5.60 Å². The second-order valence-electron chi connectivity index (χ2n) is 7.13. The third kappa shape index (κ3) is 5.73. The van der Waals surface area contributed by atoms with Crippen LogP contribution in [0.15, 0.2) is 60.7 Å². The first kappa shape index (κ1) is 18.1. The summed E-state index contributed by atoms with van der Waals surface area (Å²) in [5.41, 5.74) is 1.81. The SMILES string of the molecule is CC(Cc1ccccc1)N(Cc1ccccc1)C(=O)OC(C)(C)C. The molecule has 24 heavy (non-hydrogen) atoms. The molecule has 0 saturated heterocycles. The van der Waals surface area contributed by atoms with Crippen LogP contribution in [0.1, 0.15) is 38.8 Å². The molecule has 3 heteroatoms. The Morgan fingerprint density at radius 2 is 1.46 bits per heavy atom. The van der Waals surface area contributed by atoms with E-state index in [0.717, 1.165) is 12.0 Å². The van der Waals surface area contributed by atoms with Crippen molar-refractivity contribution in [1.82, 2.24) is 4.90 Å². The molecule has 1 amide bonds. The minimum absolute atomic E-state index is 0.0439. The van der Waals surface area contributed by atoms with Crippen molar-refractivity contribution in [3.8, 4) is 0 Å². The van der Waals surface area contributed by atoms with Crippen LogP contribution in [-0.2, 0) is 17.7 Å². The second kappa shape index (κ2) is 8.00. The molecule has 1 unspecified atom stereocenters. The number of carbonyl (C=O) groups excluding carboxylic acids is 1. The minimum atomic E-state index is -0.501. The molecular formula is C21H27NO2. The van der Waals surface area contributed by atoms with E-state index in [2.05, 4.69) is 19.1 Å². The first-order valence-corrected chi connectivity index (χ1v) is 8.42. The highest BCUT2D eigenvalue weighted by Gasteiger charge is 2.26. The molecule has 3 nitrogen and oxygen atoms in total. The van der Waals surface area contributed by atoms with Gasteiger partial charge in [0.25, 0.3) is 0 Å². The summed E-state index contributed by atoms with van der Waals surface area (Å²) < 4.78 is 5.62. The standard InChI is InChI=1S/C21H27NO2/c1-17(15-18-11-7-5-8-12-18)22(20(23)24-21(2,3)4)16-19-13-9-6-10-14-19/h5-14,17H,15-16H2,1-4H3. The summed E-state index contributed by atoms with van der Waals surface area (Å²) >= 11 is 0. The Morgan fingerprint density at radius 3 is 1.96 bits per heavy atom. The van der Waals surface area contributed by atoms with E-state index in [1.807, 2.05) is 74.2 Å². The monoisotopic (exact) mass is 325 g/mol. The van der Waals surface area contributed by atoms with E-state index < -0.39 is 5.60 Å². The third-order valence-corrected chi connectivity index (χ3v) is 3.73. The Balaban J connectivity index is 2.16. The van der Waals surface area contributed by atoms with Gasteiger partial charge in [-0.05, 0) is 45.2 Å². The number of amides is 1. The van der Waals surface area contributed by atoms with E-state index in [1.54, 1.807) is 0 Å². The number of hydrogen-bond donors (Lipinski definition) is 0. The van der Waals surface area contributed by atoms with Gasteiger partial charge in [0, 0.05) is 12.6 Å². The van der Waals surface area contributed by atoms with Gasteiger partial charge < -0.3 is 9.64 Å². The summed E-state index contributed by atoms with van der Waals surface area (Å²) in [4.78, 5) is 14.5. The maximum atomic E-state index is 12.7. The van der Waals surface area contributed by atoms with E-state index >= 15 is 0 Å². The normalized spacial score (nSPS) is 12.5. The summed E-state index contributed by atoms with van der Waals surface area (Å²) in [6, 6.07) is 20.3. The van der Waals surface area contributed by atoms with Gasteiger partial charge in [-0.1, -0.05) is 60.7 Å². The topological polar surface area (TPSA) is 29.5 Å². The molecule has 0 aliphatic rings. The van der Waals surface area contributed by atoms with Gasteiger partial charge in [-0.2, -0.15) is 0 Å². The summed E-state index contributed by atoms with van der Waals surface area (Å²) in [5.74, 6) is 0. The third-order valence-electron chi connectivity index (χ3n) is 3.73. The Kier molecular flexibility index (Phi) is 6.02. The van der Waals surface area contributed by atoms with Crippen molar-refractivity contribution in [2.45, 2.75) is 52.3 Å². The molecule has 128 valence electrons. The second-order valence-corrected chi connectivity index (χ2v) is 7.13. The molecule has 2 rings (SSSR count). The highest BCUT2D eigenvalue weighted by molar-refractivity contribution is 5.68. The molecule has 0 aliphatic carbocycles. The van der Waals surface area contributed by atoms with Crippen LogP contribution in [-0.4, -0.2) is 22.6 Å². The number of carbonyl (C=O) groups is 1. The van der Waals surface area contributed by atoms with Crippen LogP contribution in [0.5, 0.6) is 0 Å². The predicted molar refractivity (Wildman–Crippen MR) is 97.8 cm³/mol. The number of hydrogen-bond acceptors (Lipinski definition) is 2. The van der Waals surface area contributed by atoms with E-state index in [9.17, 15) is 4.79 Å². The highest BCUT2D eigenvalue weighted by Crippen LogP contribution is 2.17. The average molecular weight is 325 g/mol.